The van der Waals surface area contributed by atoms with Gasteiger partial charge < -0.3 is 15.5 Å². The van der Waals surface area contributed by atoms with Gasteiger partial charge in [0.2, 0.25) is 5.91 Å². The lowest BCUT2D eigenvalue weighted by Gasteiger charge is -2.27. The smallest absolute Gasteiger partial charge is 0.317 e. The topological polar surface area (TPSA) is 74.3 Å². The van der Waals surface area contributed by atoms with Crippen LogP contribution in [0.3, 0.4) is 0 Å². The standard InChI is InChI=1S/C16H26N4O2/c1-11(2)18-15(21)10-12(3)19-16(22)20(5)13(4)14-6-8-17-9-7-14/h6-9,11-13H,10H2,1-5H3,(H,18,21)(H,19,22)/t12-,13-/m1/s1. The summed E-state index contributed by atoms with van der Waals surface area (Å²) in [7, 11) is 1.74. The van der Waals surface area contributed by atoms with Crippen molar-refractivity contribution in [1.82, 2.24) is 20.5 Å². The quantitative estimate of drug-likeness (QED) is 0.845. The third kappa shape index (κ3) is 5.71. The molecule has 2 atom stereocenters. The molecule has 6 nitrogen and oxygen atoms in total. The summed E-state index contributed by atoms with van der Waals surface area (Å²) >= 11 is 0. The summed E-state index contributed by atoms with van der Waals surface area (Å²) in [4.78, 5) is 29.5. The molecule has 0 aliphatic carbocycles. The first-order chi connectivity index (χ1) is 10.3. The third-order valence-corrected chi connectivity index (χ3v) is 3.40. The Morgan fingerprint density at radius 1 is 1.14 bits per heavy atom. The maximum absolute atomic E-state index is 12.2. The second-order valence-corrected chi connectivity index (χ2v) is 5.84. The molecule has 0 fully saturated rings. The van der Waals surface area contributed by atoms with Gasteiger partial charge in [-0.25, -0.2) is 4.79 Å². The molecule has 22 heavy (non-hydrogen) atoms. The van der Waals surface area contributed by atoms with Gasteiger partial charge in [0.1, 0.15) is 0 Å². The van der Waals surface area contributed by atoms with Crippen LogP contribution >= 0.6 is 0 Å². The molecule has 0 unspecified atom stereocenters. The highest BCUT2D eigenvalue weighted by Crippen LogP contribution is 2.17. The van der Waals surface area contributed by atoms with Gasteiger partial charge in [-0.05, 0) is 45.4 Å². The molecule has 0 aromatic carbocycles. The number of nitrogens with one attached hydrogen (secondary N) is 2. The average molecular weight is 306 g/mol. The van der Waals surface area contributed by atoms with Gasteiger partial charge in [0.05, 0.1) is 6.04 Å². The van der Waals surface area contributed by atoms with E-state index in [1.807, 2.05) is 39.8 Å². The molecule has 0 spiro atoms. The van der Waals surface area contributed by atoms with E-state index < -0.39 is 0 Å². The van der Waals surface area contributed by atoms with E-state index in [1.165, 1.54) is 0 Å². The zero-order chi connectivity index (χ0) is 16.7. The molecule has 122 valence electrons. The first-order valence-electron chi connectivity index (χ1n) is 7.53. The van der Waals surface area contributed by atoms with Gasteiger partial charge in [0.15, 0.2) is 0 Å². The van der Waals surface area contributed by atoms with Crippen LogP contribution in [0.1, 0.15) is 45.7 Å². The summed E-state index contributed by atoms with van der Waals surface area (Å²) in [6, 6.07) is 3.37. The molecule has 0 saturated heterocycles. The maximum Gasteiger partial charge on any atom is 0.317 e. The summed E-state index contributed by atoms with van der Waals surface area (Å²) in [5.41, 5.74) is 1.01. The second kappa shape index (κ2) is 8.36. The summed E-state index contributed by atoms with van der Waals surface area (Å²) in [6.45, 7) is 7.59. The van der Waals surface area contributed by atoms with Crippen molar-refractivity contribution in [1.29, 1.82) is 0 Å². The Labute approximate surface area is 132 Å². The van der Waals surface area contributed by atoms with Crippen LogP contribution in [0.4, 0.5) is 4.79 Å². The van der Waals surface area contributed by atoms with Crippen LogP contribution in [0.5, 0.6) is 0 Å². The fourth-order valence-electron chi connectivity index (χ4n) is 2.06. The van der Waals surface area contributed by atoms with Crippen LogP contribution in [0.25, 0.3) is 0 Å². The molecule has 3 amide bonds. The number of carbonyl (C=O) groups is 2. The highest BCUT2D eigenvalue weighted by molar-refractivity contribution is 5.79. The van der Waals surface area contributed by atoms with Crippen LogP contribution in [0.15, 0.2) is 24.5 Å². The molecule has 0 aliphatic heterocycles. The summed E-state index contributed by atoms with van der Waals surface area (Å²) < 4.78 is 0. The van der Waals surface area contributed by atoms with Gasteiger partial charge in [0, 0.05) is 37.9 Å². The van der Waals surface area contributed by atoms with Gasteiger partial charge in [-0.3, -0.25) is 9.78 Å². The fourth-order valence-corrected chi connectivity index (χ4v) is 2.06. The predicted octanol–water partition coefficient (Wildman–Crippen LogP) is 2.09. The van der Waals surface area contributed by atoms with Crippen molar-refractivity contribution in [2.24, 2.45) is 0 Å². The number of urea groups is 1. The van der Waals surface area contributed by atoms with E-state index in [1.54, 1.807) is 24.3 Å². The van der Waals surface area contributed by atoms with E-state index in [4.69, 9.17) is 0 Å². The van der Waals surface area contributed by atoms with Crippen LogP contribution in [0.2, 0.25) is 0 Å². The Morgan fingerprint density at radius 3 is 2.27 bits per heavy atom. The maximum atomic E-state index is 12.2. The monoisotopic (exact) mass is 306 g/mol. The first kappa shape index (κ1) is 17.9. The molecule has 0 radical (unpaired) electrons. The number of aromatic nitrogens is 1. The van der Waals surface area contributed by atoms with Gasteiger partial charge in [0.25, 0.3) is 0 Å². The molecule has 0 saturated carbocycles. The van der Waals surface area contributed by atoms with Crippen LogP contribution < -0.4 is 10.6 Å². The Balaban J connectivity index is 2.51. The summed E-state index contributed by atoms with van der Waals surface area (Å²) in [5, 5.41) is 5.66. The average Bonchev–Trinajstić information content (AvgIpc) is 2.45. The molecule has 0 aliphatic rings. The van der Waals surface area contributed by atoms with Crippen LogP contribution in [-0.2, 0) is 4.79 Å². The fraction of sp³-hybridized carbons (Fsp3) is 0.562. The van der Waals surface area contributed by atoms with E-state index in [9.17, 15) is 9.59 Å². The zero-order valence-corrected chi connectivity index (χ0v) is 14.0. The van der Waals surface area contributed by atoms with Gasteiger partial charge in [-0.2, -0.15) is 0 Å². The van der Waals surface area contributed by atoms with E-state index in [-0.39, 0.29) is 36.5 Å². The summed E-state index contributed by atoms with van der Waals surface area (Å²) in [6.07, 6.45) is 3.67. The number of nitrogens with zero attached hydrogens (tertiary/aromatic N) is 2. The molecule has 1 heterocycles. The number of amides is 3. The lowest BCUT2D eigenvalue weighted by molar-refractivity contribution is -0.121. The molecule has 1 aromatic rings. The van der Waals surface area contributed by atoms with Crippen molar-refractivity contribution in [3.8, 4) is 0 Å². The lowest BCUT2D eigenvalue weighted by atomic mass is 10.1. The van der Waals surface area contributed by atoms with Gasteiger partial charge in [-0.1, -0.05) is 0 Å². The van der Waals surface area contributed by atoms with E-state index in [0.29, 0.717) is 0 Å². The molecule has 0 bridgehead atoms. The zero-order valence-electron chi connectivity index (χ0n) is 14.0. The molecule has 2 N–H and O–H groups in total. The SMILES string of the molecule is CC(C)NC(=O)C[C@@H](C)NC(=O)N(C)[C@H](C)c1ccncc1. The number of carbonyl (C=O) groups excluding carboxylic acids is 2. The number of pyridine rings is 1. The van der Waals surface area contributed by atoms with Crippen molar-refractivity contribution in [2.45, 2.75) is 52.2 Å². The third-order valence-electron chi connectivity index (χ3n) is 3.40. The van der Waals surface area contributed by atoms with Crippen molar-refractivity contribution >= 4 is 11.9 Å². The lowest BCUT2D eigenvalue weighted by Crippen LogP contribution is -2.45. The predicted molar refractivity (Wildman–Crippen MR) is 86.3 cm³/mol. The number of rotatable bonds is 6. The van der Waals surface area contributed by atoms with E-state index in [0.717, 1.165) is 5.56 Å². The Morgan fingerprint density at radius 2 is 1.73 bits per heavy atom. The Bertz CT molecular complexity index is 490. The minimum Gasteiger partial charge on any atom is -0.354 e. The number of hydrogen-bond donors (Lipinski definition) is 2. The molecule has 6 heteroatoms. The minimum atomic E-state index is -0.224. The van der Waals surface area contributed by atoms with Gasteiger partial charge >= 0.3 is 6.03 Å². The minimum absolute atomic E-state index is 0.0624. The molecular weight excluding hydrogens is 280 g/mol. The van der Waals surface area contributed by atoms with Crippen molar-refractivity contribution in [3.63, 3.8) is 0 Å². The van der Waals surface area contributed by atoms with Crippen molar-refractivity contribution < 1.29 is 9.59 Å². The second-order valence-electron chi connectivity index (χ2n) is 5.84. The van der Waals surface area contributed by atoms with E-state index in [2.05, 4.69) is 15.6 Å². The van der Waals surface area contributed by atoms with E-state index >= 15 is 0 Å². The van der Waals surface area contributed by atoms with Crippen LogP contribution in [-0.4, -0.2) is 41.0 Å². The van der Waals surface area contributed by atoms with Crippen LogP contribution in [0, 0.1) is 0 Å². The highest BCUT2D eigenvalue weighted by atomic mass is 16.2. The largest absolute Gasteiger partial charge is 0.354 e. The Kier molecular flexibility index (Phi) is 6.82. The molecular formula is C16H26N4O2. The first-order valence-corrected chi connectivity index (χ1v) is 7.53. The summed E-state index contributed by atoms with van der Waals surface area (Å²) in [5.74, 6) is -0.0624. The molecule has 1 aromatic heterocycles. The van der Waals surface area contributed by atoms with Crippen molar-refractivity contribution in [3.05, 3.63) is 30.1 Å². The molecule has 1 rings (SSSR count). The van der Waals surface area contributed by atoms with Crippen molar-refractivity contribution in [2.75, 3.05) is 7.05 Å². The normalized spacial score (nSPS) is 13.4. The highest BCUT2D eigenvalue weighted by Gasteiger charge is 2.19. The Hall–Kier alpha value is -2.11. The number of hydrogen-bond acceptors (Lipinski definition) is 3. The van der Waals surface area contributed by atoms with Gasteiger partial charge in [-0.15, -0.1) is 0 Å².